The van der Waals surface area contributed by atoms with Gasteiger partial charge >= 0.3 is 0 Å². The van der Waals surface area contributed by atoms with E-state index in [0.717, 1.165) is 25.7 Å². The number of rotatable bonds is 2. The zero-order valence-electron chi connectivity index (χ0n) is 10.7. The van der Waals surface area contributed by atoms with E-state index in [-0.39, 0.29) is 11.4 Å². The third-order valence-electron chi connectivity index (χ3n) is 3.91. The fraction of sp³-hybridized carbons (Fsp3) is 0.600. The molecular weight excluding hydrogens is 249 g/mol. The largest absolute Gasteiger partial charge is 0.325 e. The lowest BCUT2D eigenvalue weighted by atomic mass is 9.80. The molecule has 0 aliphatic heterocycles. The second-order valence-electron chi connectivity index (χ2n) is 5.54. The molecule has 0 saturated heterocycles. The number of benzene rings is 1. The van der Waals surface area contributed by atoms with E-state index < -0.39 is 0 Å². The lowest BCUT2D eigenvalue weighted by molar-refractivity contribution is 0.311. The van der Waals surface area contributed by atoms with Crippen molar-refractivity contribution in [2.75, 3.05) is 0 Å². The summed E-state index contributed by atoms with van der Waals surface area (Å²) in [5, 5.41) is 0.444. The molecular formula is C15H21ClFN. The Labute approximate surface area is 114 Å². The maximum absolute atomic E-state index is 13.8. The van der Waals surface area contributed by atoms with Crippen LogP contribution in [0, 0.1) is 5.82 Å². The molecule has 1 nitrogen and oxygen atoms in total. The second kappa shape index (κ2) is 6.03. The van der Waals surface area contributed by atoms with Crippen LogP contribution in [0.4, 0.5) is 4.39 Å². The zero-order chi connectivity index (χ0) is 13.0. The van der Waals surface area contributed by atoms with Crippen LogP contribution in [0.3, 0.4) is 0 Å². The molecule has 1 aliphatic rings. The van der Waals surface area contributed by atoms with Gasteiger partial charge in [0.15, 0.2) is 0 Å². The van der Waals surface area contributed by atoms with Crippen molar-refractivity contribution in [3.63, 3.8) is 0 Å². The quantitative estimate of drug-likeness (QED) is 0.843. The van der Waals surface area contributed by atoms with Crippen molar-refractivity contribution in [2.24, 2.45) is 5.73 Å². The highest BCUT2D eigenvalue weighted by molar-refractivity contribution is 6.30. The third kappa shape index (κ3) is 3.69. The van der Waals surface area contributed by atoms with Gasteiger partial charge in [-0.25, -0.2) is 4.39 Å². The molecule has 1 aromatic carbocycles. The minimum atomic E-state index is -0.241. The van der Waals surface area contributed by atoms with Crippen LogP contribution in [0.2, 0.25) is 5.02 Å². The number of nitrogens with two attached hydrogens (primary N) is 1. The molecule has 0 heterocycles. The highest BCUT2D eigenvalue weighted by Gasteiger charge is 2.26. The molecule has 1 fully saturated rings. The van der Waals surface area contributed by atoms with Crippen LogP contribution in [-0.2, 0) is 6.42 Å². The van der Waals surface area contributed by atoms with Gasteiger partial charge in [-0.3, -0.25) is 0 Å². The number of halogens is 2. The Kier molecular flexibility index (Phi) is 4.63. The van der Waals surface area contributed by atoms with Crippen molar-refractivity contribution in [1.29, 1.82) is 0 Å². The topological polar surface area (TPSA) is 26.0 Å². The second-order valence-corrected chi connectivity index (χ2v) is 5.98. The van der Waals surface area contributed by atoms with Gasteiger partial charge in [-0.2, -0.15) is 0 Å². The smallest absolute Gasteiger partial charge is 0.127 e. The Bertz CT molecular complexity index is 397. The molecule has 3 heteroatoms. The van der Waals surface area contributed by atoms with Crippen molar-refractivity contribution in [1.82, 2.24) is 0 Å². The first-order valence-electron chi connectivity index (χ1n) is 6.82. The van der Waals surface area contributed by atoms with Gasteiger partial charge < -0.3 is 5.73 Å². The fourth-order valence-corrected chi connectivity index (χ4v) is 2.99. The molecule has 0 unspecified atom stereocenters. The zero-order valence-corrected chi connectivity index (χ0v) is 11.5. The first kappa shape index (κ1) is 13.8. The van der Waals surface area contributed by atoms with Crippen LogP contribution in [0.1, 0.15) is 50.5 Å². The molecule has 100 valence electrons. The molecule has 0 bridgehead atoms. The molecule has 1 aromatic rings. The van der Waals surface area contributed by atoms with E-state index in [4.69, 9.17) is 17.3 Å². The summed E-state index contributed by atoms with van der Waals surface area (Å²) in [4.78, 5) is 0. The summed E-state index contributed by atoms with van der Waals surface area (Å²) < 4.78 is 13.8. The van der Waals surface area contributed by atoms with Crippen LogP contribution in [0.5, 0.6) is 0 Å². The SMILES string of the molecule is NC1(Cc2ccc(Cl)cc2F)CCCCCCC1. The average molecular weight is 270 g/mol. The van der Waals surface area contributed by atoms with Gasteiger partial charge in [-0.1, -0.05) is 49.8 Å². The highest BCUT2D eigenvalue weighted by Crippen LogP contribution is 2.28. The Morgan fingerprint density at radius 2 is 1.72 bits per heavy atom. The first-order chi connectivity index (χ1) is 8.59. The van der Waals surface area contributed by atoms with Crippen molar-refractivity contribution >= 4 is 11.6 Å². The van der Waals surface area contributed by atoms with E-state index in [1.165, 1.54) is 25.3 Å². The molecule has 0 atom stereocenters. The van der Waals surface area contributed by atoms with Crippen LogP contribution in [0.25, 0.3) is 0 Å². The Morgan fingerprint density at radius 3 is 2.33 bits per heavy atom. The molecule has 1 saturated carbocycles. The predicted molar refractivity (Wildman–Crippen MR) is 74.4 cm³/mol. The normalized spacial score (nSPS) is 20.2. The van der Waals surface area contributed by atoms with Gasteiger partial charge in [0.1, 0.15) is 5.82 Å². The molecule has 0 amide bonds. The van der Waals surface area contributed by atoms with Crippen LogP contribution in [-0.4, -0.2) is 5.54 Å². The Balaban J connectivity index is 2.09. The Hall–Kier alpha value is -0.600. The van der Waals surface area contributed by atoms with Gasteiger partial charge in [0, 0.05) is 10.6 Å². The van der Waals surface area contributed by atoms with E-state index in [0.29, 0.717) is 17.0 Å². The molecule has 2 N–H and O–H groups in total. The van der Waals surface area contributed by atoms with Crippen LogP contribution < -0.4 is 5.73 Å². The minimum Gasteiger partial charge on any atom is -0.325 e. The lowest BCUT2D eigenvalue weighted by Gasteiger charge is -2.31. The van der Waals surface area contributed by atoms with Gasteiger partial charge in [0.2, 0.25) is 0 Å². The summed E-state index contributed by atoms with van der Waals surface area (Å²) in [7, 11) is 0. The monoisotopic (exact) mass is 269 g/mol. The van der Waals surface area contributed by atoms with Gasteiger partial charge in [-0.05, 0) is 37.0 Å². The maximum Gasteiger partial charge on any atom is 0.127 e. The van der Waals surface area contributed by atoms with E-state index in [1.807, 2.05) is 0 Å². The van der Waals surface area contributed by atoms with Crippen LogP contribution in [0.15, 0.2) is 18.2 Å². The summed E-state index contributed by atoms with van der Waals surface area (Å²) in [6.45, 7) is 0. The summed E-state index contributed by atoms with van der Waals surface area (Å²) in [6, 6.07) is 4.89. The summed E-state index contributed by atoms with van der Waals surface area (Å²) >= 11 is 5.77. The molecule has 0 radical (unpaired) electrons. The molecule has 18 heavy (non-hydrogen) atoms. The van der Waals surface area contributed by atoms with Gasteiger partial charge in [0.05, 0.1) is 0 Å². The minimum absolute atomic E-state index is 0.227. The number of hydrogen-bond donors (Lipinski definition) is 1. The van der Waals surface area contributed by atoms with Crippen molar-refractivity contribution in [2.45, 2.75) is 56.9 Å². The summed E-state index contributed by atoms with van der Waals surface area (Å²) in [5.74, 6) is -0.227. The molecule has 0 aromatic heterocycles. The molecule has 1 aliphatic carbocycles. The predicted octanol–water partition coefficient (Wildman–Crippen LogP) is 4.46. The fourth-order valence-electron chi connectivity index (χ4n) is 2.83. The van der Waals surface area contributed by atoms with Crippen molar-refractivity contribution < 1.29 is 4.39 Å². The van der Waals surface area contributed by atoms with Crippen molar-refractivity contribution in [3.05, 3.63) is 34.6 Å². The van der Waals surface area contributed by atoms with E-state index in [1.54, 1.807) is 12.1 Å². The van der Waals surface area contributed by atoms with Gasteiger partial charge in [-0.15, -0.1) is 0 Å². The lowest BCUT2D eigenvalue weighted by Crippen LogP contribution is -2.42. The van der Waals surface area contributed by atoms with Gasteiger partial charge in [0.25, 0.3) is 0 Å². The Morgan fingerprint density at radius 1 is 1.11 bits per heavy atom. The van der Waals surface area contributed by atoms with Crippen molar-refractivity contribution in [3.8, 4) is 0 Å². The van der Waals surface area contributed by atoms with Crippen LogP contribution >= 0.6 is 11.6 Å². The van der Waals surface area contributed by atoms with E-state index in [2.05, 4.69) is 0 Å². The average Bonchev–Trinajstić information content (AvgIpc) is 2.29. The standard InChI is InChI=1S/C15H21ClFN/c16-13-7-6-12(14(17)10-13)11-15(18)8-4-2-1-3-5-9-15/h6-7,10H,1-5,8-9,11,18H2. The maximum atomic E-state index is 13.8. The number of hydrogen-bond acceptors (Lipinski definition) is 1. The molecule has 0 spiro atoms. The molecule has 2 rings (SSSR count). The van der Waals surface area contributed by atoms with E-state index in [9.17, 15) is 4.39 Å². The summed E-state index contributed by atoms with van der Waals surface area (Å²) in [6.07, 6.45) is 8.74. The third-order valence-corrected chi connectivity index (χ3v) is 4.14. The summed E-state index contributed by atoms with van der Waals surface area (Å²) in [5.41, 5.74) is 6.92. The highest BCUT2D eigenvalue weighted by atomic mass is 35.5. The first-order valence-corrected chi connectivity index (χ1v) is 7.20. The van der Waals surface area contributed by atoms with E-state index >= 15 is 0 Å².